The van der Waals surface area contributed by atoms with Crippen LogP contribution >= 0.6 is 0 Å². The van der Waals surface area contributed by atoms with Gasteiger partial charge in [0.15, 0.2) is 29.7 Å². The molecule has 0 heterocycles. The molecule has 0 fully saturated rings. The summed E-state index contributed by atoms with van der Waals surface area (Å²) in [5.74, 6) is -1.61. The largest absolute Gasteiger partial charge is 0.493 e. The van der Waals surface area contributed by atoms with Gasteiger partial charge in [0.05, 0.1) is 7.11 Å². The minimum atomic E-state index is -1.03. The fourth-order valence-corrected chi connectivity index (χ4v) is 2.04. The van der Waals surface area contributed by atoms with Gasteiger partial charge in [-0.2, -0.15) is 0 Å². The number of hydrogen-bond donors (Lipinski definition) is 1. The normalized spacial score (nSPS) is 10.1. The van der Waals surface area contributed by atoms with Crippen LogP contribution in [0, 0.1) is 11.6 Å². The Morgan fingerprint density at radius 2 is 1.96 bits per heavy atom. The van der Waals surface area contributed by atoms with Crippen molar-refractivity contribution in [2.75, 3.05) is 19.0 Å². The maximum atomic E-state index is 13.1. The molecule has 0 saturated carbocycles. The van der Waals surface area contributed by atoms with E-state index in [1.54, 1.807) is 18.2 Å². The smallest absolute Gasteiger partial charge is 0.262 e. The van der Waals surface area contributed by atoms with Gasteiger partial charge in [0, 0.05) is 11.8 Å². The molecule has 2 rings (SSSR count). The second-order valence-corrected chi connectivity index (χ2v) is 4.94. The Labute approximate surface area is 138 Å². The lowest BCUT2D eigenvalue weighted by Crippen LogP contribution is -2.20. The molecular weight excluding hydrogens is 316 g/mol. The Morgan fingerprint density at radius 1 is 1.17 bits per heavy atom. The summed E-state index contributed by atoms with van der Waals surface area (Å²) < 4.78 is 36.6. The molecule has 0 radical (unpaired) electrons. The molecule has 0 spiro atoms. The van der Waals surface area contributed by atoms with E-state index in [1.807, 2.05) is 6.07 Å². The Kier molecular flexibility index (Phi) is 5.89. The number of halogens is 2. The molecule has 0 aliphatic carbocycles. The molecule has 1 N–H and O–H groups in total. The summed E-state index contributed by atoms with van der Waals surface area (Å²) in [7, 11) is 1.50. The number of benzene rings is 2. The molecule has 1 amide bonds. The second kappa shape index (κ2) is 8.10. The molecule has 0 bridgehead atoms. The fourth-order valence-electron chi connectivity index (χ4n) is 2.04. The third-order valence-corrected chi connectivity index (χ3v) is 3.17. The van der Waals surface area contributed by atoms with E-state index in [4.69, 9.17) is 9.47 Å². The summed E-state index contributed by atoms with van der Waals surface area (Å²) >= 11 is 0. The average Bonchev–Trinajstić information content (AvgIpc) is 2.57. The van der Waals surface area contributed by atoms with Crippen LogP contribution < -0.4 is 14.8 Å². The van der Waals surface area contributed by atoms with Crippen LogP contribution in [0.2, 0.25) is 0 Å². The fraction of sp³-hybridized carbons (Fsp3) is 0.167. The van der Waals surface area contributed by atoms with E-state index in [9.17, 15) is 13.6 Å². The predicted molar refractivity (Wildman–Crippen MR) is 87.4 cm³/mol. The maximum Gasteiger partial charge on any atom is 0.262 e. The lowest BCUT2D eigenvalue weighted by molar-refractivity contribution is -0.118. The third-order valence-electron chi connectivity index (χ3n) is 3.17. The van der Waals surface area contributed by atoms with Crippen molar-refractivity contribution in [2.24, 2.45) is 0 Å². The first-order chi connectivity index (χ1) is 11.5. The molecule has 24 heavy (non-hydrogen) atoms. The van der Waals surface area contributed by atoms with E-state index in [1.165, 1.54) is 13.2 Å². The van der Waals surface area contributed by atoms with Gasteiger partial charge >= 0.3 is 0 Å². The van der Waals surface area contributed by atoms with E-state index in [0.29, 0.717) is 17.9 Å². The zero-order valence-corrected chi connectivity index (χ0v) is 13.1. The van der Waals surface area contributed by atoms with Crippen LogP contribution in [0.5, 0.6) is 11.5 Å². The minimum Gasteiger partial charge on any atom is -0.493 e. The number of carbonyl (C=O) groups excluding carboxylic acids is 1. The molecule has 0 atom stereocenters. The molecule has 2 aromatic rings. The van der Waals surface area contributed by atoms with E-state index < -0.39 is 17.5 Å². The first-order valence-corrected chi connectivity index (χ1v) is 7.19. The number of anilines is 1. The molecule has 6 heteroatoms. The van der Waals surface area contributed by atoms with Crippen molar-refractivity contribution < 1.29 is 23.0 Å². The van der Waals surface area contributed by atoms with Crippen molar-refractivity contribution >= 4 is 11.6 Å². The number of carbonyl (C=O) groups is 1. The number of methoxy groups -OCH3 is 1. The molecular formula is C18H17F2NO3. The molecule has 126 valence electrons. The van der Waals surface area contributed by atoms with Gasteiger partial charge in [0.1, 0.15) is 0 Å². The number of amides is 1. The zero-order chi connectivity index (χ0) is 17.5. The van der Waals surface area contributed by atoms with E-state index in [-0.39, 0.29) is 12.3 Å². The van der Waals surface area contributed by atoms with Gasteiger partial charge in [-0.3, -0.25) is 4.79 Å². The lowest BCUT2D eigenvalue weighted by Gasteiger charge is -2.12. The summed E-state index contributed by atoms with van der Waals surface area (Å²) in [5, 5.41) is 2.42. The predicted octanol–water partition coefficient (Wildman–Crippen LogP) is 3.72. The topological polar surface area (TPSA) is 47.6 Å². The number of hydrogen-bond acceptors (Lipinski definition) is 3. The van der Waals surface area contributed by atoms with Crippen molar-refractivity contribution in [3.8, 4) is 11.5 Å². The standard InChI is InChI=1S/C18H17F2NO3/c1-3-4-12-5-8-16(17(9-12)23-2)24-11-18(22)21-13-6-7-14(19)15(20)10-13/h3,5-10H,1,4,11H2,2H3,(H,21,22). The summed E-state index contributed by atoms with van der Waals surface area (Å²) in [6.45, 7) is 3.37. The van der Waals surface area contributed by atoms with Crippen LogP contribution in [0.3, 0.4) is 0 Å². The average molecular weight is 333 g/mol. The maximum absolute atomic E-state index is 13.1. The van der Waals surface area contributed by atoms with E-state index >= 15 is 0 Å². The molecule has 4 nitrogen and oxygen atoms in total. The molecule has 0 unspecified atom stereocenters. The molecule has 2 aromatic carbocycles. The van der Waals surface area contributed by atoms with Crippen LogP contribution in [0.4, 0.5) is 14.5 Å². The Bertz CT molecular complexity index is 747. The first-order valence-electron chi connectivity index (χ1n) is 7.19. The van der Waals surface area contributed by atoms with Crippen molar-refractivity contribution in [3.63, 3.8) is 0 Å². The van der Waals surface area contributed by atoms with E-state index in [2.05, 4.69) is 11.9 Å². The third kappa shape index (κ3) is 4.55. The molecule has 0 aromatic heterocycles. The summed E-state index contributed by atoms with van der Waals surface area (Å²) in [4.78, 5) is 11.8. The highest BCUT2D eigenvalue weighted by molar-refractivity contribution is 5.91. The lowest BCUT2D eigenvalue weighted by atomic mass is 10.1. The zero-order valence-electron chi connectivity index (χ0n) is 13.1. The van der Waals surface area contributed by atoms with Crippen LogP contribution in [0.25, 0.3) is 0 Å². The summed E-state index contributed by atoms with van der Waals surface area (Å²) in [5.41, 5.74) is 1.15. The Hall–Kier alpha value is -2.89. The minimum absolute atomic E-state index is 0.149. The SMILES string of the molecule is C=CCc1ccc(OCC(=O)Nc2ccc(F)c(F)c2)c(OC)c1. The van der Waals surface area contributed by atoms with Gasteiger partial charge in [-0.1, -0.05) is 12.1 Å². The summed E-state index contributed by atoms with van der Waals surface area (Å²) in [6, 6.07) is 8.44. The van der Waals surface area contributed by atoms with Gasteiger partial charge in [-0.25, -0.2) is 8.78 Å². The monoisotopic (exact) mass is 333 g/mol. The van der Waals surface area contributed by atoms with Crippen LogP contribution in [0.1, 0.15) is 5.56 Å². The Morgan fingerprint density at radius 3 is 2.62 bits per heavy atom. The quantitative estimate of drug-likeness (QED) is 0.786. The highest BCUT2D eigenvalue weighted by Crippen LogP contribution is 2.28. The van der Waals surface area contributed by atoms with Crippen molar-refractivity contribution in [1.82, 2.24) is 0 Å². The highest BCUT2D eigenvalue weighted by Gasteiger charge is 2.10. The number of nitrogens with one attached hydrogen (secondary N) is 1. The highest BCUT2D eigenvalue weighted by atomic mass is 19.2. The van der Waals surface area contributed by atoms with E-state index in [0.717, 1.165) is 17.7 Å². The van der Waals surface area contributed by atoms with Gasteiger partial charge in [0.2, 0.25) is 0 Å². The number of allylic oxidation sites excluding steroid dienone is 1. The van der Waals surface area contributed by atoms with Gasteiger partial charge in [0.25, 0.3) is 5.91 Å². The Balaban J connectivity index is 1.98. The molecule has 0 aliphatic heterocycles. The van der Waals surface area contributed by atoms with Crippen molar-refractivity contribution in [3.05, 3.63) is 66.3 Å². The van der Waals surface area contributed by atoms with Gasteiger partial charge in [-0.15, -0.1) is 6.58 Å². The van der Waals surface area contributed by atoms with Crippen molar-refractivity contribution in [1.29, 1.82) is 0 Å². The van der Waals surface area contributed by atoms with Gasteiger partial charge in [-0.05, 0) is 36.2 Å². The van der Waals surface area contributed by atoms with Crippen LogP contribution in [-0.4, -0.2) is 19.6 Å². The first kappa shape index (κ1) is 17.5. The van der Waals surface area contributed by atoms with Gasteiger partial charge < -0.3 is 14.8 Å². The summed E-state index contributed by atoms with van der Waals surface area (Å²) in [6.07, 6.45) is 2.46. The second-order valence-electron chi connectivity index (χ2n) is 4.94. The van der Waals surface area contributed by atoms with Crippen LogP contribution in [-0.2, 0) is 11.2 Å². The number of rotatable bonds is 7. The number of ether oxygens (including phenoxy) is 2. The van der Waals surface area contributed by atoms with Crippen LogP contribution in [0.15, 0.2) is 49.1 Å². The molecule has 0 saturated heterocycles. The molecule has 0 aliphatic rings. The van der Waals surface area contributed by atoms with Crippen molar-refractivity contribution in [2.45, 2.75) is 6.42 Å².